The molecule has 0 aliphatic carbocycles. The van der Waals surface area contributed by atoms with Crippen LogP contribution in [0.1, 0.15) is 28.7 Å². The molecule has 0 unspecified atom stereocenters. The molecule has 0 bridgehead atoms. The lowest BCUT2D eigenvalue weighted by Crippen LogP contribution is -2.43. The monoisotopic (exact) mass is 575 g/mol. The largest absolute Gasteiger partial charge is 0.493 e. The number of hydrogen-bond acceptors (Lipinski definition) is 8. The molecule has 2 aromatic carbocycles. The smallest absolute Gasteiger partial charge is 0.269 e. The molecule has 39 heavy (non-hydrogen) atoms. The fourth-order valence-electron chi connectivity index (χ4n) is 4.02. The summed E-state index contributed by atoms with van der Waals surface area (Å²) in [6, 6.07) is 14.2. The number of amides is 1. The van der Waals surface area contributed by atoms with E-state index >= 15 is 0 Å². The summed E-state index contributed by atoms with van der Waals surface area (Å²) in [5, 5.41) is 11.0. The molecule has 1 aromatic heterocycles. The quantitative estimate of drug-likeness (QED) is 0.203. The molecule has 3 rings (SSSR count). The normalized spacial score (nSPS) is 11.4. The molecular formula is C27H33N3O7S2. The number of ether oxygens (including phenoxy) is 2. The van der Waals surface area contributed by atoms with Crippen molar-refractivity contribution in [3.63, 3.8) is 0 Å². The number of hydrogen-bond donors (Lipinski definition) is 0. The lowest BCUT2D eigenvalue weighted by molar-refractivity contribution is -0.384. The van der Waals surface area contributed by atoms with E-state index in [9.17, 15) is 23.3 Å². The highest BCUT2D eigenvalue weighted by atomic mass is 32.2. The first-order valence-corrected chi connectivity index (χ1v) is 14.6. The van der Waals surface area contributed by atoms with Crippen molar-refractivity contribution >= 4 is 33.0 Å². The third-order valence-corrected chi connectivity index (χ3v) is 8.93. The van der Waals surface area contributed by atoms with Crippen molar-refractivity contribution in [1.29, 1.82) is 0 Å². The number of rotatable bonds is 14. The van der Waals surface area contributed by atoms with E-state index in [2.05, 4.69) is 0 Å². The number of benzene rings is 2. The van der Waals surface area contributed by atoms with Crippen LogP contribution in [0, 0.1) is 17.0 Å². The highest BCUT2D eigenvalue weighted by molar-refractivity contribution is 7.89. The molecule has 0 radical (unpaired) electrons. The Morgan fingerprint density at radius 1 is 1.00 bits per heavy atom. The maximum Gasteiger partial charge on any atom is 0.269 e. The molecular weight excluding hydrogens is 542 g/mol. The van der Waals surface area contributed by atoms with Crippen LogP contribution in [0.15, 0.2) is 59.5 Å². The highest BCUT2D eigenvalue weighted by Gasteiger charge is 2.28. The molecule has 0 fully saturated rings. The van der Waals surface area contributed by atoms with Crippen LogP contribution in [0.25, 0.3) is 0 Å². The van der Waals surface area contributed by atoms with Gasteiger partial charge in [-0.25, -0.2) is 8.42 Å². The maximum atomic E-state index is 13.6. The summed E-state index contributed by atoms with van der Waals surface area (Å²) in [7, 11) is -0.928. The fourth-order valence-corrected chi connectivity index (χ4v) is 6.41. The summed E-state index contributed by atoms with van der Waals surface area (Å²) in [4.78, 5) is 27.7. The van der Waals surface area contributed by atoms with Crippen LogP contribution in [0.2, 0.25) is 0 Å². The van der Waals surface area contributed by atoms with Crippen molar-refractivity contribution in [1.82, 2.24) is 9.21 Å². The average molecular weight is 576 g/mol. The number of methoxy groups -OCH3 is 2. The Balaban J connectivity index is 1.83. The van der Waals surface area contributed by atoms with E-state index in [-0.39, 0.29) is 29.6 Å². The first kappa shape index (κ1) is 30.1. The van der Waals surface area contributed by atoms with E-state index in [1.807, 2.05) is 44.2 Å². The lowest BCUT2D eigenvalue weighted by atomic mass is 10.1. The van der Waals surface area contributed by atoms with Crippen LogP contribution < -0.4 is 9.47 Å². The minimum Gasteiger partial charge on any atom is -0.493 e. The molecule has 10 nitrogen and oxygen atoms in total. The Kier molecular flexibility index (Phi) is 10.4. The van der Waals surface area contributed by atoms with Crippen LogP contribution in [-0.4, -0.2) is 62.3 Å². The van der Waals surface area contributed by atoms with Gasteiger partial charge in [-0.2, -0.15) is 4.31 Å². The van der Waals surface area contributed by atoms with Crippen molar-refractivity contribution in [2.45, 2.75) is 38.1 Å². The Hall–Kier alpha value is -3.48. The Morgan fingerprint density at radius 2 is 1.69 bits per heavy atom. The van der Waals surface area contributed by atoms with E-state index < -0.39 is 14.9 Å². The summed E-state index contributed by atoms with van der Waals surface area (Å²) in [5.41, 5.74) is 0.733. The number of nitrogens with zero attached hydrogens (tertiary/aromatic N) is 3. The molecule has 3 aromatic rings. The molecule has 0 aliphatic heterocycles. The molecule has 0 saturated heterocycles. The zero-order valence-electron chi connectivity index (χ0n) is 22.5. The first-order valence-electron chi connectivity index (χ1n) is 12.4. The van der Waals surface area contributed by atoms with Gasteiger partial charge in [-0.05, 0) is 61.7 Å². The molecule has 0 N–H and O–H groups in total. The van der Waals surface area contributed by atoms with E-state index in [4.69, 9.17) is 9.47 Å². The predicted molar refractivity (Wildman–Crippen MR) is 150 cm³/mol. The molecule has 1 heterocycles. The Morgan fingerprint density at radius 3 is 2.26 bits per heavy atom. The van der Waals surface area contributed by atoms with Crippen molar-refractivity contribution in [3.8, 4) is 11.5 Å². The summed E-state index contributed by atoms with van der Waals surface area (Å²) >= 11 is 1.58. The SMILES string of the molecule is CCCN(CC(=O)N(CCc1ccc(OC)c(OC)c1)Cc1ccc(C)s1)S(=O)(=O)c1ccc([N+](=O)[O-])cc1. The van der Waals surface area contributed by atoms with Crippen molar-refractivity contribution in [2.75, 3.05) is 33.9 Å². The second-order valence-corrected chi connectivity index (χ2v) is 12.2. The third kappa shape index (κ3) is 7.78. The Bertz CT molecular complexity index is 1390. The van der Waals surface area contributed by atoms with Crippen LogP contribution in [-0.2, 0) is 27.8 Å². The topological polar surface area (TPSA) is 119 Å². The minimum atomic E-state index is -4.05. The summed E-state index contributed by atoms with van der Waals surface area (Å²) < 4.78 is 38.6. The standard InChI is InChI=1S/C27H33N3O7S2/c1-5-15-29(39(34,35)24-11-8-22(9-12-24)30(32)33)19-27(31)28(18-23-10-6-20(2)38-23)16-14-21-7-13-25(36-3)26(17-21)37-4/h6-13,17H,5,14-16,18-19H2,1-4H3. The highest BCUT2D eigenvalue weighted by Crippen LogP contribution is 2.28. The number of nitro groups is 1. The van der Waals surface area contributed by atoms with E-state index in [0.717, 1.165) is 31.8 Å². The molecule has 1 amide bonds. The summed E-state index contributed by atoms with van der Waals surface area (Å²) in [6.45, 7) is 4.32. The van der Waals surface area contributed by atoms with Gasteiger partial charge in [-0.3, -0.25) is 14.9 Å². The number of nitro benzene ring substituents is 1. The average Bonchev–Trinajstić information content (AvgIpc) is 3.34. The first-order chi connectivity index (χ1) is 18.6. The van der Waals surface area contributed by atoms with Gasteiger partial charge in [0.1, 0.15) is 0 Å². The van der Waals surface area contributed by atoms with Gasteiger partial charge in [0.25, 0.3) is 5.69 Å². The van der Waals surface area contributed by atoms with Gasteiger partial charge >= 0.3 is 0 Å². The van der Waals surface area contributed by atoms with E-state index in [0.29, 0.717) is 37.4 Å². The predicted octanol–water partition coefficient (Wildman–Crippen LogP) is 4.65. The van der Waals surface area contributed by atoms with Crippen molar-refractivity contribution in [2.24, 2.45) is 0 Å². The maximum absolute atomic E-state index is 13.6. The molecule has 12 heteroatoms. The number of thiophene rings is 1. The Labute approximate surface area is 233 Å². The molecule has 0 aliphatic rings. The fraction of sp³-hybridized carbons (Fsp3) is 0.370. The number of carbonyl (C=O) groups is 1. The van der Waals surface area contributed by atoms with Gasteiger partial charge in [0.2, 0.25) is 15.9 Å². The van der Waals surface area contributed by atoms with Gasteiger partial charge < -0.3 is 14.4 Å². The number of carbonyl (C=O) groups excluding carboxylic acids is 1. The number of non-ortho nitro benzene ring substituents is 1. The van der Waals surface area contributed by atoms with E-state index in [1.54, 1.807) is 30.5 Å². The number of sulfonamides is 1. The van der Waals surface area contributed by atoms with Gasteiger partial charge in [0, 0.05) is 35.0 Å². The number of aryl methyl sites for hydroxylation is 1. The second kappa shape index (κ2) is 13.5. The van der Waals surface area contributed by atoms with Crippen LogP contribution in [0.5, 0.6) is 11.5 Å². The van der Waals surface area contributed by atoms with Crippen molar-refractivity contribution in [3.05, 3.63) is 80.0 Å². The summed E-state index contributed by atoms with van der Waals surface area (Å²) in [6.07, 6.45) is 1.02. The lowest BCUT2D eigenvalue weighted by Gasteiger charge is -2.27. The van der Waals surface area contributed by atoms with Crippen LogP contribution >= 0.6 is 11.3 Å². The molecule has 0 saturated carbocycles. The zero-order chi connectivity index (χ0) is 28.6. The zero-order valence-corrected chi connectivity index (χ0v) is 24.1. The molecule has 210 valence electrons. The van der Waals surface area contributed by atoms with Crippen LogP contribution in [0.3, 0.4) is 0 Å². The van der Waals surface area contributed by atoms with Gasteiger partial charge in [-0.15, -0.1) is 11.3 Å². The van der Waals surface area contributed by atoms with Gasteiger partial charge in [0.15, 0.2) is 11.5 Å². The third-order valence-electron chi connectivity index (χ3n) is 6.08. The van der Waals surface area contributed by atoms with Gasteiger partial charge in [-0.1, -0.05) is 13.0 Å². The molecule has 0 atom stereocenters. The molecule has 0 spiro atoms. The van der Waals surface area contributed by atoms with Gasteiger partial charge in [0.05, 0.1) is 37.1 Å². The van der Waals surface area contributed by atoms with E-state index in [1.165, 1.54) is 12.1 Å². The van der Waals surface area contributed by atoms with Crippen LogP contribution in [0.4, 0.5) is 5.69 Å². The second-order valence-electron chi connectivity index (χ2n) is 8.86. The summed E-state index contributed by atoms with van der Waals surface area (Å²) in [5.74, 6) is 0.862. The van der Waals surface area contributed by atoms with Crippen molar-refractivity contribution < 1.29 is 27.6 Å². The minimum absolute atomic E-state index is 0.0971.